The lowest BCUT2D eigenvalue weighted by atomic mass is 10.2. The van der Waals surface area contributed by atoms with E-state index in [1.807, 2.05) is 29.8 Å². The second-order valence-corrected chi connectivity index (χ2v) is 5.32. The Balaban J connectivity index is 2.25. The first-order valence-corrected chi connectivity index (χ1v) is 6.82. The highest BCUT2D eigenvalue weighted by Gasteiger charge is 2.12. The average molecular weight is 313 g/mol. The van der Waals surface area contributed by atoms with Gasteiger partial charge in [-0.25, -0.2) is 9.97 Å². The van der Waals surface area contributed by atoms with Gasteiger partial charge in [0.15, 0.2) is 0 Å². The Labute approximate surface area is 113 Å². The highest BCUT2D eigenvalue weighted by molar-refractivity contribution is 9.10. The van der Waals surface area contributed by atoms with E-state index in [0.29, 0.717) is 5.69 Å². The molecule has 90 valence electrons. The zero-order valence-electron chi connectivity index (χ0n) is 9.64. The molecule has 0 aliphatic heterocycles. The minimum Gasteiger partial charge on any atom is -0.397 e. The third-order valence-electron chi connectivity index (χ3n) is 2.53. The average Bonchev–Trinajstić information content (AvgIpc) is 2.78. The molecule has 2 N–H and O–H groups in total. The second-order valence-electron chi connectivity index (χ2n) is 3.81. The van der Waals surface area contributed by atoms with Crippen LogP contribution in [0.3, 0.4) is 0 Å². The summed E-state index contributed by atoms with van der Waals surface area (Å²) in [4.78, 5) is 10.7. The Kier molecular flexibility index (Phi) is 3.63. The van der Waals surface area contributed by atoms with E-state index in [0.717, 1.165) is 28.1 Å². The molecule has 6 heteroatoms. The highest BCUT2D eigenvalue weighted by atomic mass is 79.9. The fourth-order valence-corrected chi connectivity index (χ4v) is 2.66. The molecule has 0 aliphatic carbocycles. The second kappa shape index (κ2) is 5.01. The summed E-state index contributed by atoms with van der Waals surface area (Å²) in [7, 11) is 1.99. The number of rotatable bonds is 3. The van der Waals surface area contributed by atoms with Crippen LogP contribution in [0.15, 0.2) is 21.6 Å². The van der Waals surface area contributed by atoms with Crippen LogP contribution in [0, 0.1) is 6.92 Å². The van der Waals surface area contributed by atoms with Crippen molar-refractivity contribution in [1.82, 2.24) is 9.97 Å². The van der Waals surface area contributed by atoms with Gasteiger partial charge in [0, 0.05) is 12.4 Å². The molecule has 4 nitrogen and oxygen atoms in total. The molecule has 2 rings (SSSR count). The van der Waals surface area contributed by atoms with E-state index >= 15 is 0 Å². The van der Waals surface area contributed by atoms with Gasteiger partial charge < -0.3 is 10.6 Å². The summed E-state index contributed by atoms with van der Waals surface area (Å²) in [5, 5.41) is 2.04. The fraction of sp³-hybridized carbons (Fsp3) is 0.273. The summed E-state index contributed by atoms with van der Waals surface area (Å²) < 4.78 is 0.940. The number of anilines is 2. The van der Waals surface area contributed by atoms with Crippen molar-refractivity contribution >= 4 is 38.8 Å². The third-order valence-corrected chi connectivity index (χ3v) is 4.11. The maximum Gasteiger partial charge on any atom is 0.143 e. The van der Waals surface area contributed by atoms with E-state index in [1.54, 1.807) is 17.5 Å². The van der Waals surface area contributed by atoms with Gasteiger partial charge in [-0.1, -0.05) is 0 Å². The Morgan fingerprint density at radius 3 is 2.88 bits per heavy atom. The molecule has 0 spiro atoms. The summed E-state index contributed by atoms with van der Waals surface area (Å²) in [6, 6.07) is 0. The van der Waals surface area contributed by atoms with Gasteiger partial charge in [0.05, 0.1) is 34.1 Å². The first kappa shape index (κ1) is 12.3. The van der Waals surface area contributed by atoms with Gasteiger partial charge in [-0.05, 0) is 28.4 Å². The zero-order valence-corrected chi connectivity index (χ0v) is 12.0. The van der Waals surface area contributed by atoms with Crippen LogP contribution < -0.4 is 10.6 Å². The van der Waals surface area contributed by atoms with E-state index in [2.05, 4.69) is 25.9 Å². The Hall–Kier alpha value is -1.14. The number of halogens is 1. The lowest BCUT2D eigenvalue weighted by Crippen LogP contribution is -2.19. The molecule has 2 aromatic heterocycles. The van der Waals surface area contributed by atoms with E-state index in [-0.39, 0.29) is 0 Å². The number of nitrogens with zero attached hydrogens (tertiary/aromatic N) is 3. The number of thiazole rings is 1. The SMILES string of the molecule is Cc1c(N)cnc(N(C)Cc2cscn2)c1Br. The third kappa shape index (κ3) is 2.58. The minimum absolute atomic E-state index is 0.697. The molecule has 2 aromatic rings. The van der Waals surface area contributed by atoms with Crippen LogP contribution in [0.25, 0.3) is 0 Å². The Bertz CT molecular complexity index is 512. The number of nitrogen functional groups attached to an aromatic ring is 1. The number of pyridine rings is 1. The van der Waals surface area contributed by atoms with E-state index in [9.17, 15) is 0 Å². The Morgan fingerprint density at radius 2 is 2.24 bits per heavy atom. The van der Waals surface area contributed by atoms with Gasteiger partial charge in [0.2, 0.25) is 0 Å². The molecular weight excluding hydrogens is 300 g/mol. The predicted molar refractivity (Wildman–Crippen MR) is 75.3 cm³/mol. The molecule has 0 saturated heterocycles. The molecule has 0 saturated carbocycles. The molecule has 0 aromatic carbocycles. The zero-order chi connectivity index (χ0) is 12.4. The van der Waals surface area contributed by atoms with Crippen LogP contribution in [0.5, 0.6) is 0 Å². The molecule has 2 heterocycles. The summed E-state index contributed by atoms with van der Waals surface area (Å²) in [6.45, 7) is 2.71. The van der Waals surface area contributed by atoms with Gasteiger partial charge in [0.1, 0.15) is 5.82 Å². The van der Waals surface area contributed by atoms with Gasteiger partial charge in [-0.15, -0.1) is 11.3 Å². The van der Waals surface area contributed by atoms with Crippen molar-refractivity contribution in [2.24, 2.45) is 0 Å². The first-order chi connectivity index (χ1) is 8.09. The van der Waals surface area contributed by atoms with Gasteiger partial charge in [0.25, 0.3) is 0 Å². The highest BCUT2D eigenvalue weighted by Crippen LogP contribution is 2.30. The summed E-state index contributed by atoms with van der Waals surface area (Å²) >= 11 is 5.13. The number of nitrogens with two attached hydrogens (primary N) is 1. The lowest BCUT2D eigenvalue weighted by Gasteiger charge is -2.19. The van der Waals surface area contributed by atoms with Crippen molar-refractivity contribution in [2.75, 3.05) is 17.7 Å². The van der Waals surface area contributed by atoms with Crippen LogP contribution in [0.2, 0.25) is 0 Å². The van der Waals surface area contributed by atoms with Crippen molar-refractivity contribution in [2.45, 2.75) is 13.5 Å². The van der Waals surface area contributed by atoms with Crippen LogP contribution >= 0.6 is 27.3 Å². The number of aromatic nitrogens is 2. The molecule has 17 heavy (non-hydrogen) atoms. The normalized spacial score (nSPS) is 10.5. The largest absolute Gasteiger partial charge is 0.397 e. The number of hydrogen-bond acceptors (Lipinski definition) is 5. The molecular formula is C11H13BrN4S. The molecule has 0 radical (unpaired) electrons. The lowest BCUT2D eigenvalue weighted by molar-refractivity contribution is 0.869. The molecule has 0 aliphatic rings. The van der Waals surface area contributed by atoms with Crippen molar-refractivity contribution < 1.29 is 0 Å². The molecule has 0 amide bonds. The van der Waals surface area contributed by atoms with Gasteiger partial charge >= 0.3 is 0 Å². The van der Waals surface area contributed by atoms with Crippen LogP contribution in [-0.2, 0) is 6.54 Å². The molecule has 0 atom stereocenters. The summed E-state index contributed by atoms with van der Waals surface area (Å²) in [5.41, 5.74) is 10.4. The Morgan fingerprint density at radius 1 is 1.47 bits per heavy atom. The van der Waals surface area contributed by atoms with Crippen LogP contribution in [-0.4, -0.2) is 17.0 Å². The molecule has 0 bridgehead atoms. The van der Waals surface area contributed by atoms with Crippen molar-refractivity contribution in [3.8, 4) is 0 Å². The van der Waals surface area contributed by atoms with Gasteiger partial charge in [-0.2, -0.15) is 0 Å². The van der Waals surface area contributed by atoms with Crippen molar-refractivity contribution in [3.05, 3.63) is 32.8 Å². The van der Waals surface area contributed by atoms with E-state index < -0.39 is 0 Å². The maximum absolute atomic E-state index is 5.80. The van der Waals surface area contributed by atoms with Crippen molar-refractivity contribution in [1.29, 1.82) is 0 Å². The standard InChI is InChI=1S/C11H13BrN4S/c1-7-9(13)3-14-11(10(7)12)16(2)4-8-5-17-6-15-8/h3,5-6H,4,13H2,1-2H3. The topological polar surface area (TPSA) is 55.0 Å². The number of hydrogen-bond donors (Lipinski definition) is 1. The summed E-state index contributed by atoms with van der Waals surface area (Å²) in [5.74, 6) is 0.879. The van der Waals surface area contributed by atoms with E-state index in [1.165, 1.54) is 0 Å². The first-order valence-electron chi connectivity index (χ1n) is 5.08. The smallest absolute Gasteiger partial charge is 0.143 e. The minimum atomic E-state index is 0.697. The van der Waals surface area contributed by atoms with Crippen LogP contribution in [0.4, 0.5) is 11.5 Å². The molecule has 0 unspecified atom stereocenters. The van der Waals surface area contributed by atoms with E-state index in [4.69, 9.17) is 5.73 Å². The fourth-order valence-electron chi connectivity index (χ4n) is 1.48. The van der Waals surface area contributed by atoms with Gasteiger partial charge in [-0.3, -0.25) is 0 Å². The van der Waals surface area contributed by atoms with Crippen molar-refractivity contribution in [3.63, 3.8) is 0 Å². The summed E-state index contributed by atoms with van der Waals surface area (Å²) in [6.07, 6.45) is 1.69. The predicted octanol–water partition coefficient (Wildman–Crippen LogP) is 2.83. The quantitative estimate of drug-likeness (QED) is 0.947. The molecule has 0 fully saturated rings. The monoisotopic (exact) mass is 312 g/mol. The van der Waals surface area contributed by atoms with Crippen LogP contribution in [0.1, 0.15) is 11.3 Å². The maximum atomic E-state index is 5.80.